The quantitative estimate of drug-likeness (QED) is 0.766. The van der Waals surface area contributed by atoms with Crippen LogP contribution in [-0.4, -0.2) is 5.91 Å². The highest BCUT2D eigenvalue weighted by Gasteiger charge is 2.10. The van der Waals surface area contributed by atoms with Gasteiger partial charge in [-0.1, -0.05) is 11.6 Å². The molecule has 2 nitrogen and oxygen atoms in total. The van der Waals surface area contributed by atoms with Gasteiger partial charge in [0.15, 0.2) is 0 Å². The molecule has 0 aliphatic rings. The van der Waals surface area contributed by atoms with E-state index in [0.29, 0.717) is 0 Å². The fourth-order valence-corrected chi connectivity index (χ4v) is 1.30. The van der Waals surface area contributed by atoms with Gasteiger partial charge in [0.1, 0.15) is 5.82 Å². The molecule has 0 aromatic heterocycles. The highest BCUT2D eigenvalue weighted by atomic mass is 79.9. The van der Waals surface area contributed by atoms with Gasteiger partial charge in [-0.3, -0.25) is 4.79 Å². The number of rotatable bonds is 1. The average Bonchev–Trinajstić information content (AvgIpc) is 1.96. The van der Waals surface area contributed by atoms with Gasteiger partial charge in [-0.15, -0.1) is 0 Å². The van der Waals surface area contributed by atoms with E-state index in [9.17, 15) is 9.18 Å². The maximum atomic E-state index is 12.7. The summed E-state index contributed by atoms with van der Waals surface area (Å²) >= 11 is 8.44. The van der Waals surface area contributed by atoms with Crippen molar-refractivity contribution in [3.05, 3.63) is 33.0 Å². The van der Waals surface area contributed by atoms with Crippen LogP contribution in [0, 0.1) is 5.82 Å². The van der Waals surface area contributed by atoms with Crippen molar-refractivity contribution in [2.45, 2.75) is 0 Å². The van der Waals surface area contributed by atoms with E-state index in [2.05, 4.69) is 15.9 Å². The molecule has 0 unspecified atom stereocenters. The van der Waals surface area contributed by atoms with E-state index in [-0.39, 0.29) is 15.1 Å². The lowest BCUT2D eigenvalue weighted by atomic mass is 10.2. The number of amides is 1. The molecule has 0 aliphatic carbocycles. The van der Waals surface area contributed by atoms with E-state index in [0.717, 1.165) is 6.07 Å². The third-order valence-corrected chi connectivity index (χ3v) is 2.20. The minimum atomic E-state index is -0.680. The van der Waals surface area contributed by atoms with E-state index in [4.69, 9.17) is 17.3 Å². The highest BCUT2D eigenvalue weighted by Crippen LogP contribution is 2.23. The fraction of sp³-hybridized carbons (Fsp3) is 0. The lowest BCUT2D eigenvalue weighted by molar-refractivity contribution is 0.100. The van der Waals surface area contributed by atoms with Crippen molar-refractivity contribution in [1.82, 2.24) is 0 Å². The standard InChI is InChI=1S/C7H4BrClFNO/c8-4-1-3(7(11)12)5(9)2-6(4)10/h1-2H,(H2,11,12). The molecule has 0 saturated heterocycles. The summed E-state index contributed by atoms with van der Waals surface area (Å²) in [6.45, 7) is 0. The number of hydrogen-bond acceptors (Lipinski definition) is 1. The Morgan fingerprint density at radius 1 is 1.58 bits per heavy atom. The summed E-state index contributed by atoms with van der Waals surface area (Å²) in [5, 5.41) is 0.0169. The van der Waals surface area contributed by atoms with Crippen molar-refractivity contribution in [2.75, 3.05) is 0 Å². The number of nitrogens with two attached hydrogens (primary N) is 1. The van der Waals surface area contributed by atoms with Gasteiger partial charge in [0.2, 0.25) is 5.91 Å². The molecule has 0 fully saturated rings. The largest absolute Gasteiger partial charge is 0.366 e. The molecular formula is C7H4BrClFNO. The summed E-state index contributed by atoms with van der Waals surface area (Å²) in [5.74, 6) is -1.20. The summed E-state index contributed by atoms with van der Waals surface area (Å²) in [4.78, 5) is 10.7. The van der Waals surface area contributed by atoms with Crippen LogP contribution in [-0.2, 0) is 0 Å². The fourth-order valence-electron chi connectivity index (χ4n) is 0.711. The molecule has 1 rings (SSSR count). The summed E-state index contributed by atoms with van der Waals surface area (Å²) < 4.78 is 12.9. The van der Waals surface area contributed by atoms with Gasteiger partial charge in [-0.05, 0) is 28.1 Å². The maximum absolute atomic E-state index is 12.7. The number of primary amides is 1. The summed E-state index contributed by atoms with van der Waals surface area (Å²) in [6, 6.07) is 2.28. The lowest BCUT2D eigenvalue weighted by Crippen LogP contribution is -2.11. The molecule has 0 aliphatic heterocycles. The Bertz CT molecular complexity index is 342. The molecule has 1 aromatic carbocycles. The Kier molecular flexibility index (Phi) is 2.69. The third kappa shape index (κ3) is 1.76. The van der Waals surface area contributed by atoms with Gasteiger partial charge in [-0.2, -0.15) is 0 Å². The topological polar surface area (TPSA) is 43.1 Å². The molecule has 64 valence electrons. The monoisotopic (exact) mass is 251 g/mol. The van der Waals surface area contributed by atoms with E-state index in [1.165, 1.54) is 6.07 Å². The Labute approximate surface area is 81.6 Å². The maximum Gasteiger partial charge on any atom is 0.250 e. The Hall–Kier alpha value is -0.610. The molecule has 5 heteroatoms. The zero-order valence-electron chi connectivity index (χ0n) is 5.77. The Morgan fingerprint density at radius 2 is 2.17 bits per heavy atom. The second-order valence-electron chi connectivity index (χ2n) is 2.11. The third-order valence-electron chi connectivity index (χ3n) is 1.28. The van der Waals surface area contributed by atoms with E-state index < -0.39 is 11.7 Å². The van der Waals surface area contributed by atoms with Crippen LogP contribution < -0.4 is 5.73 Å². The van der Waals surface area contributed by atoms with Gasteiger partial charge in [0.05, 0.1) is 15.1 Å². The average molecular weight is 252 g/mol. The second kappa shape index (κ2) is 3.41. The normalized spacial score (nSPS) is 9.92. The van der Waals surface area contributed by atoms with Crippen LogP contribution in [0.5, 0.6) is 0 Å². The van der Waals surface area contributed by atoms with Crippen LogP contribution in [0.4, 0.5) is 4.39 Å². The zero-order valence-corrected chi connectivity index (χ0v) is 8.12. The Morgan fingerprint density at radius 3 is 2.67 bits per heavy atom. The minimum absolute atomic E-state index is 0.0169. The number of benzene rings is 1. The van der Waals surface area contributed by atoms with Crippen LogP contribution in [0.25, 0.3) is 0 Å². The van der Waals surface area contributed by atoms with Crippen LogP contribution in [0.1, 0.15) is 10.4 Å². The Balaban J connectivity index is 3.33. The van der Waals surface area contributed by atoms with E-state index in [1.54, 1.807) is 0 Å². The van der Waals surface area contributed by atoms with Gasteiger partial charge >= 0.3 is 0 Å². The van der Waals surface area contributed by atoms with Gasteiger partial charge in [0.25, 0.3) is 0 Å². The first-order valence-corrected chi connectivity index (χ1v) is 4.14. The van der Waals surface area contributed by atoms with Crippen LogP contribution >= 0.6 is 27.5 Å². The van der Waals surface area contributed by atoms with E-state index in [1.807, 2.05) is 0 Å². The predicted octanol–water partition coefficient (Wildman–Crippen LogP) is 2.34. The van der Waals surface area contributed by atoms with Crippen molar-refractivity contribution >= 4 is 33.4 Å². The molecule has 0 atom stereocenters. The first kappa shape index (κ1) is 9.48. The van der Waals surface area contributed by atoms with Crippen LogP contribution in [0.3, 0.4) is 0 Å². The molecule has 12 heavy (non-hydrogen) atoms. The molecule has 0 radical (unpaired) electrons. The minimum Gasteiger partial charge on any atom is -0.366 e. The molecule has 0 spiro atoms. The van der Waals surface area contributed by atoms with Gasteiger partial charge < -0.3 is 5.73 Å². The smallest absolute Gasteiger partial charge is 0.250 e. The lowest BCUT2D eigenvalue weighted by Gasteiger charge is -2.00. The number of hydrogen-bond donors (Lipinski definition) is 1. The number of halogens is 3. The van der Waals surface area contributed by atoms with Gasteiger partial charge in [-0.25, -0.2) is 4.39 Å². The summed E-state index contributed by atoms with van der Waals surface area (Å²) in [6.07, 6.45) is 0. The zero-order chi connectivity index (χ0) is 9.30. The summed E-state index contributed by atoms with van der Waals surface area (Å²) in [7, 11) is 0. The van der Waals surface area contributed by atoms with Crippen molar-refractivity contribution in [3.63, 3.8) is 0 Å². The number of carbonyl (C=O) groups is 1. The molecular weight excluding hydrogens is 248 g/mol. The SMILES string of the molecule is NC(=O)c1cc(Br)c(F)cc1Cl. The van der Waals surface area contributed by atoms with Crippen molar-refractivity contribution in [2.24, 2.45) is 5.73 Å². The first-order chi connectivity index (χ1) is 5.52. The molecule has 0 bridgehead atoms. The number of carbonyl (C=O) groups excluding carboxylic acids is 1. The predicted molar refractivity (Wildman–Crippen MR) is 47.6 cm³/mol. The van der Waals surface area contributed by atoms with Crippen molar-refractivity contribution in [1.29, 1.82) is 0 Å². The van der Waals surface area contributed by atoms with Crippen molar-refractivity contribution < 1.29 is 9.18 Å². The molecule has 0 saturated carbocycles. The van der Waals surface area contributed by atoms with Gasteiger partial charge in [0, 0.05) is 0 Å². The molecule has 1 amide bonds. The summed E-state index contributed by atoms with van der Waals surface area (Å²) in [5.41, 5.74) is 5.07. The van der Waals surface area contributed by atoms with Crippen LogP contribution in [0.15, 0.2) is 16.6 Å². The molecule has 2 N–H and O–H groups in total. The first-order valence-electron chi connectivity index (χ1n) is 2.96. The molecule has 0 heterocycles. The van der Waals surface area contributed by atoms with Crippen LogP contribution in [0.2, 0.25) is 5.02 Å². The second-order valence-corrected chi connectivity index (χ2v) is 3.37. The molecule has 1 aromatic rings. The highest BCUT2D eigenvalue weighted by molar-refractivity contribution is 9.10. The van der Waals surface area contributed by atoms with E-state index >= 15 is 0 Å². The van der Waals surface area contributed by atoms with Crippen molar-refractivity contribution in [3.8, 4) is 0 Å².